The summed E-state index contributed by atoms with van der Waals surface area (Å²) in [5.41, 5.74) is 6.40. The summed E-state index contributed by atoms with van der Waals surface area (Å²) in [6.45, 7) is 2.07. The van der Waals surface area contributed by atoms with E-state index in [2.05, 4.69) is 28.7 Å². The third kappa shape index (κ3) is 2.64. The molecule has 0 spiro atoms. The van der Waals surface area contributed by atoms with E-state index in [0.29, 0.717) is 6.42 Å². The maximum Gasteiger partial charge on any atom is 0.224 e. The largest absolute Gasteiger partial charge is 0.326 e. The quantitative estimate of drug-likeness (QED) is 0.774. The Morgan fingerprint density at radius 2 is 2.13 bits per heavy atom. The van der Waals surface area contributed by atoms with E-state index >= 15 is 0 Å². The van der Waals surface area contributed by atoms with Crippen LogP contribution in [0.15, 0.2) is 42.0 Å². The van der Waals surface area contributed by atoms with Crippen LogP contribution in [0.4, 0.5) is 5.69 Å². The standard InChI is InChI=1S/C18H15N3OS/c1-11-6-7-19-9-14(11)18-21-16(10-23-18)13-2-4-15-12(8-13)3-5-17(22)20-15/h2,4,6-10H,3,5H2,1H3,(H,20,22). The first-order chi connectivity index (χ1) is 11.2. The molecule has 3 heterocycles. The van der Waals surface area contributed by atoms with Crippen molar-refractivity contribution in [1.82, 2.24) is 9.97 Å². The molecule has 4 rings (SSSR count). The van der Waals surface area contributed by atoms with Crippen LogP contribution in [-0.4, -0.2) is 15.9 Å². The molecule has 1 aliphatic rings. The Bertz CT molecular complexity index is 901. The molecule has 0 radical (unpaired) electrons. The summed E-state index contributed by atoms with van der Waals surface area (Å²) in [6.07, 6.45) is 4.99. The van der Waals surface area contributed by atoms with Crippen LogP contribution >= 0.6 is 11.3 Å². The number of aryl methyl sites for hydroxylation is 2. The van der Waals surface area contributed by atoms with Crippen molar-refractivity contribution in [2.75, 3.05) is 5.32 Å². The van der Waals surface area contributed by atoms with Gasteiger partial charge in [0.1, 0.15) is 5.01 Å². The van der Waals surface area contributed by atoms with Gasteiger partial charge in [-0.3, -0.25) is 9.78 Å². The van der Waals surface area contributed by atoms with E-state index < -0.39 is 0 Å². The minimum Gasteiger partial charge on any atom is -0.326 e. The SMILES string of the molecule is Cc1ccncc1-c1nc(-c2ccc3c(c2)CCC(=O)N3)cs1. The van der Waals surface area contributed by atoms with Gasteiger partial charge in [-0.25, -0.2) is 4.98 Å². The van der Waals surface area contributed by atoms with E-state index in [-0.39, 0.29) is 5.91 Å². The van der Waals surface area contributed by atoms with E-state index in [1.807, 2.05) is 24.4 Å². The Balaban J connectivity index is 1.70. The zero-order valence-corrected chi connectivity index (χ0v) is 13.5. The summed E-state index contributed by atoms with van der Waals surface area (Å²) >= 11 is 1.63. The summed E-state index contributed by atoms with van der Waals surface area (Å²) in [5, 5.41) is 5.97. The van der Waals surface area contributed by atoms with Crippen LogP contribution in [0, 0.1) is 6.92 Å². The summed E-state index contributed by atoms with van der Waals surface area (Å²) in [7, 11) is 0. The number of pyridine rings is 1. The number of hydrogen-bond donors (Lipinski definition) is 1. The molecule has 1 aliphatic heterocycles. The lowest BCUT2D eigenvalue weighted by Gasteiger charge is -2.17. The Morgan fingerprint density at radius 1 is 1.22 bits per heavy atom. The fourth-order valence-corrected chi connectivity index (χ4v) is 3.66. The molecule has 0 saturated carbocycles. The van der Waals surface area contributed by atoms with Gasteiger partial charge >= 0.3 is 0 Å². The zero-order chi connectivity index (χ0) is 15.8. The van der Waals surface area contributed by atoms with Crippen LogP contribution in [0.25, 0.3) is 21.8 Å². The molecule has 2 aromatic heterocycles. The molecule has 23 heavy (non-hydrogen) atoms. The highest BCUT2D eigenvalue weighted by molar-refractivity contribution is 7.13. The van der Waals surface area contributed by atoms with Crippen molar-refractivity contribution >= 4 is 22.9 Å². The number of rotatable bonds is 2. The number of nitrogens with zero attached hydrogens (tertiary/aromatic N) is 2. The number of aromatic nitrogens is 2. The maximum atomic E-state index is 11.4. The van der Waals surface area contributed by atoms with Gasteiger partial charge in [-0.1, -0.05) is 6.07 Å². The maximum absolute atomic E-state index is 11.4. The van der Waals surface area contributed by atoms with Crippen LogP contribution in [0.3, 0.4) is 0 Å². The molecular formula is C18H15N3OS. The molecule has 0 unspecified atom stereocenters. The van der Waals surface area contributed by atoms with Crippen molar-refractivity contribution in [1.29, 1.82) is 0 Å². The third-order valence-corrected chi connectivity index (χ3v) is 4.95. The second kappa shape index (κ2) is 5.59. The first kappa shape index (κ1) is 14.1. The van der Waals surface area contributed by atoms with E-state index in [1.54, 1.807) is 17.5 Å². The summed E-state index contributed by atoms with van der Waals surface area (Å²) in [4.78, 5) is 20.4. The first-order valence-electron chi connectivity index (χ1n) is 7.50. The van der Waals surface area contributed by atoms with Crippen molar-refractivity contribution in [3.63, 3.8) is 0 Å². The van der Waals surface area contributed by atoms with Gasteiger partial charge in [0.15, 0.2) is 0 Å². The summed E-state index contributed by atoms with van der Waals surface area (Å²) in [5.74, 6) is 0.0910. The van der Waals surface area contributed by atoms with Crippen molar-refractivity contribution in [2.24, 2.45) is 0 Å². The zero-order valence-electron chi connectivity index (χ0n) is 12.7. The van der Waals surface area contributed by atoms with Crippen LogP contribution in [0.1, 0.15) is 17.5 Å². The molecule has 114 valence electrons. The molecular weight excluding hydrogens is 306 g/mol. The molecule has 1 amide bonds. The van der Waals surface area contributed by atoms with E-state index in [0.717, 1.165) is 33.9 Å². The average molecular weight is 321 g/mol. The first-order valence-corrected chi connectivity index (χ1v) is 8.38. The molecule has 4 nitrogen and oxygen atoms in total. The number of carbonyl (C=O) groups excluding carboxylic acids is 1. The lowest BCUT2D eigenvalue weighted by molar-refractivity contribution is -0.116. The molecule has 0 atom stereocenters. The van der Waals surface area contributed by atoms with Crippen molar-refractivity contribution in [3.8, 4) is 21.8 Å². The van der Waals surface area contributed by atoms with Crippen molar-refractivity contribution < 1.29 is 4.79 Å². The number of anilines is 1. The molecule has 3 aromatic rings. The summed E-state index contributed by atoms with van der Waals surface area (Å²) < 4.78 is 0. The Kier molecular flexibility index (Phi) is 3.42. The number of thiazole rings is 1. The highest BCUT2D eigenvalue weighted by atomic mass is 32.1. The topological polar surface area (TPSA) is 54.9 Å². The van der Waals surface area contributed by atoms with Gasteiger partial charge in [0.05, 0.1) is 5.69 Å². The minimum absolute atomic E-state index is 0.0910. The van der Waals surface area contributed by atoms with Crippen molar-refractivity contribution in [3.05, 3.63) is 53.2 Å². The van der Waals surface area contributed by atoms with Gasteiger partial charge in [0, 0.05) is 41.0 Å². The van der Waals surface area contributed by atoms with Gasteiger partial charge in [-0.15, -0.1) is 11.3 Å². The number of hydrogen-bond acceptors (Lipinski definition) is 4. The Hall–Kier alpha value is -2.53. The third-order valence-electron chi connectivity index (χ3n) is 4.07. The number of fused-ring (bicyclic) bond motifs is 1. The summed E-state index contributed by atoms with van der Waals surface area (Å²) in [6, 6.07) is 8.11. The second-order valence-electron chi connectivity index (χ2n) is 5.65. The fourth-order valence-electron chi connectivity index (χ4n) is 2.76. The minimum atomic E-state index is 0.0910. The number of carbonyl (C=O) groups is 1. The fraction of sp³-hybridized carbons (Fsp3) is 0.167. The molecule has 0 saturated heterocycles. The lowest BCUT2D eigenvalue weighted by Crippen LogP contribution is -2.18. The monoisotopic (exact) mass is 321 g/mol. The van der Waals surface area contributed by atoms with Crippen molar-refractivity contribution in [2.45, 2.75) is 19.8 Å². The molecule has 1 N–H and O–H groups in total. The smallest absolute Gasteiger partial charge is 0.224 e. The van der Waals surface area contributed by atoms with Gasteiger partial charge in [-0.05, 0) is 42.7 Å². The predicted molar refractivity (Wildman–Crippen MR) is 92.5 cm³/mol. The normalized spacial score (nSPS) is 13.5. The molecule has 0 fully saturated rings. The van der Waals surface area contributed by atoms with Crippen LogP contribution in [0.5, 0.6) is 0 Å². The van der Waals surface area contributed by atoms with Crippen LogP contribution < -0.4 is 5.32 Å². The van der Waals surface area contributed by atoms with Gasteiger partial charge in [0.25, 0.3) is 0 Å². The van der Waals surface area contributed by atoms with Gasteiger partial charge < -0.3 is 5.32 Å². The molecule has 0 bridgehead atoms. The van der Waals surface area contributed by atoms with Gasteiger partial charge in [0.2, 0.25) is 5.91 Å². The second-order valence-corrected chi connectivity index (χ2v) is 6.51. The highest BCUT2D eigenvalue weighted by Crippen LogP contribution is 2.32. The molecule has 1 aromatic carbocycles. The average Bonchev–Trinajstić information content (AvgIpc) is 3.04. The number of nitrogens with one attached hydrogen (secondary N) is 1. The van der Waals surface area contributed by atoms with Crippen LogP contribution in [0.2, 0.25) is 0 Å². The highest BCUT2D eigenvalue weighted by Gasteiger charge is 2.16. The molecule has 0 aliphatic carbocycles. The molecule has 5 heteroatoms. The lowest BCUT2D eigenvalue weighted by atomic mass is 9.99. The van der Waals surface area contributed by atoms with E-state index in [4.69, 9.17) is 4.98 Å². The Morgan fingerprint density at radius 3 is 3.00 bits per heavy atom. The number of amides is 1. The Labute approximate surface area is 138 Å². The van der Waals surface area contributed by atoms with E-state index in [1.165, 1.54) is 11.1 Å². The van der Waals surface area contributed by atoms with Gasteiger partial charge in [-0.2, -0.15) is 0 Å². The number of benzene rings is 1. The van der Waals surface area contributed by atoms with Crippen LogP contribution in [-0.2, 0) is 11.2 Å². The van der Waals surface area contributed by atoms with E-state index in [9.17, 15) is 4.79 Å². The predicted octanol–water partition coefficient (Wildman–Crippen LogP) is 4.07.